The molecule has 2 atom stereocenters. The maximum absolute atomic E-state index is 12.7. The molecule has 2 fully saturated rings. The number of ether oxygens (including phenoxy) is 3. The second kappa shape index (κ2) is 13.8. The highest BCUT2D eigenvalue weighted by molar-refractivity contribution is 5.77. The molecule has 42 heavy (non-hydrogen) atoms. The number of nitrogens with zero attached hydrogens (tertiary/aromatic N) is 6. The molecule has 0 aliphatic carbocycles. The van der Waals surface area contributed by atoms with Gasteiger partial charge in [0.1, 0.15) is 23.9 Å². The van der Waals surface area contributed by atoms with Crippen LogP contribution in [0.4, 0.5) is 11.7 Å². The summed E-state index contributed by atoms with van der Waals surface area (Å²) in [5.74, 6) is 1.35. The van der Waals surface area contributed by atoms with E-state index in [2.05, 4.69) is 20.4 Å². The van der Waals surface area contributed by atoms with Crippen molar-refractivity contribution < 1.29 is 28.2 Å². The third-order valence-corrected chi connectivity index (χ3v) is 7.14. The molecule has 0 saturated carbocycles. The number of nitrogens with one attached hydrogen (secondary N) is 1. The Bertz CT molecular complexity index is 1430. The van der Waals surface area contributed by atoms with Crippen LogP contribution in [-0.2, 0) is 20.9 Å². The second-order valence-electron chi connectivity index (χ2n) is 10.0. The number of piperidine rings is 1. The Morgan fingerprint density at radius 2 is 2.14 bits per heavy atom. The number of benzene rings is 1. The average molecular weight is 578 g/mol. The molecule has 2 amide bonds. The molecule has 13 heteroatoms. The quantitative estimate of drug-likeness (QED) is 0.296. The van der Waals surface area contributed by atoms with Crippen LogP contribution in [0.2, 0.25) is 0 Å². The molecule has 2 saturated heterocycles. The van der Waals surface area contributed by atoms with E-state index in [1.54, 1.807) is 25.6 Å². The van der Waals surface area contributed by atoms with Gasteiger partial charge in [-0.15, -0.1) is 0 Å². The van der Waals surface area contributed by atoms with E-state index >= 15 is 0 Å². The van der Waals surface area contributed by atoms with Gasteiger partial charge in [0.05, 0.1) is 38.2 Å². The molecule has 0 bridgehead atoms. The molecule has 13 nitrogen and oxygen atoms in total. The van der Waals surface area contributed by atoms with Crippen molar-refractivity contribution in [1.29, 1.82) is 0 Å². The first-order valence-corrected chi connectivity index (χ1v) is 13.9. The number of hydrogen-bond acceptors (Lipinski definition) is 10. The van der Waals surface area contributed by atoms with Gasteiger partial charge in [-0.1, -0.05) is 12.1 Å². The molecule has 1 aromatic carbocycles. The Labute approximate surface area is 243 Å². The van der Waals surface area contributed by atoms with E-state index in [9.17, 15) is 9.59 Å². The van der Waals surface area contributed by atoms with E-state index in [1.807, 2.05) is 47.2 Å². The number of likely N-dealkylation sites (N-methyl/N-ethyl adjacent to an activating group) is 1. The predicted octanol–water partition coefficient (Wildman–Crippen LogP) is 2.98. The van der Waals surface area contributed by atoms with Gasteiger partial charge < -0.3 is 33.7 Å². The first-order chi connectivity index (χ1) is 20.5. The Kier molecular flexibility index (Phi) is 9.49. The van der Waals surface area contributed by atoms with Crippen LogP contribution in [0.25, 0.3) is 11.1 Å². The van der Waals surface area contributed by atoms with E-state index in [4.69, 9.17) is 18.6 Å². The lowest BCUT2D eigenvalue weighted by molar-refractivity contribution is -0.133. The van der Waals surface area contributed by atoms with E-state index < -0.39 is 0 Å². The van der Waals surface area contributed by atoms with Gasteiger partial charge in [-0.25, -0.2) is 4.98 Å². The predicted molar refractivity (Wildman–Crippen MR) is 155 cm³/mol. The number of para-hydroxylation sites is 2. The number of hydrogen-bond donors (Lipinski definition) is 1. The summed E-state index contributed by atoms with van der Waals surface area (Å²) in [5, 5.41) is 6.63. The van der Waals surface area contributed by atoms with Crippen LogP contribution >= 0.6 is 0 Å². The average Bonchev–Trinajstić information content (AvgIpc) is 3.79. The highest BCUT2D eigenvalue weighted by Gasteiger charge is 2.28. The minimum Gasteiger partial charge on any atom is -0.488 e. The largest absolute Gasteiger partial charge is 0.488 e. The number of methoxy groups -OCH3 is 1. The third kappa shape index (κ3) is 7.35. The summed E-state index contributed by atoms with van der Waals surface area (Å²) in [7, 11) is 3.54. The molecule has 0 radical (unpaired) electrons. The Balaban J connectivity index is 0.000000211. The molecular weight excluding hydrogens is 542 g/mol. The van der Waals surface area contributed by atoms with E-state index in [1.165, 1.54) is 10.9 Å². The topological polar surface area (TPSA) is 137 Å². The molecule has 6 rings (SSSR count). The standard InChI is InChI=1S/C19H22N6O3.C10H13NO3/c1-23(19-22-16-6-2-3-7-17(16)28-19)15-5-4-8-24(11-15)18(27)12-25-10-14(9-21-25)20-13-26;1-12-10-6-8(2-4-11-10)14-9-3-5-13-7-9/h2-3,6-7,9-10,13,15H,4-5,8,11-12H2,1H3,(H,20,26);2,4,6,9H,3,5,7H2,1H3. The van der Waals surface area contributed by atoms with Crippen molar-refractivity contribution in [3.63, 3.8) is 0 Å². The van der Waals surface area contributed by atoms with Crippen molar-refractivity contribution in [2.75, 3.05) is 50.7 Å². The SMILES string of the molecule is CN(c1nc2ccccc2o1)C1CCCN(C(=O)Cn2cc(NC=O)cn2)C1.COc1cc(OC2CCOC2)ccn1. The third-order valence-electron chi connectivity index (χ3n) is 7.14. The van der Waals surface area contributed by atoms with Crippen molar-refractivity contribution in [1.82, 2.24) is 24.6 Å². The zero-order chi connectivity index (χ0) is 29.3. The summed E-state index contributed by atoms with van der Waals surface area (Å²) in [6, 6.07) is 12.0. The lowest BCUT2D eigenvalue weighted by Gasteiger charge is -2.37. The fraction of sp³-hybridized carbons (Fsp3) is 0.414. The van der Waals surface area contributed by atoms with Crippen molar-refractivity contribution in [2.24, 2.45) is 0 Å². The Morgan fingerprint density at radius 3 is 2.93 bits per heavy atom. The van der Waals surface area contributed by atoms with E-state index in [0.29, 0.717) is 37.1 Å². The van der Waals surface area contributed by atoms with E-state index in [0.717, 1.165) is 49.3 Å². The monoisotopic (exact) mass is 577 g/mol. The number of aromatic nitrogens is 4. The Hall–Kier alpha value is -4.65. The van der Waals surface area contributed by atoms with Gasteiger partial charge in [-0.2, -0.15) is 10.1 Å². The van der Waals surface area contributed by atoms with Gasteiger partial charge in [-0.05, 0) is 31.0 Å². The van der Waals surface area contributed by atoms with Crippen LogP contribution in [0.1, 0.15) is 19.3 Å². The molecular formula is C29H35N7O6. The van der Waals surface area contributed by atoms with Crippen LogP contribution in [0.15, 0.2) is 59.4 Å². The van der Waals surface area contributed by atoms with Gasteiger partial charge in [0.25, 0.3) is 6.01 Å². The summed E-state index contributed by atoms with van der Waals surface area (Å²) in [6.45, 7) is 2.92. The van der Waals surface area contributed by atoms with Crippen molar-refractivity contribution >= 4 is 35.1 Å². The Morgan fingerprint density at radius 1 is 1.26 bits per heavy atom. The van der Waals surface area contributed by atoms with Crippen LogP contribution < -0.4 is 19.7 Å². The number of carbonyl (C=O) groups excluding carboxylic acids is 2. The summed E-state index contributed by atoms with van der Waals surface area (Å²) in [4.78, 5) is 35.6. The first-order valence-electron chi connectivity index (χ1n) is 13.9. The maximum Gasteiger partial charge on any atom is 0.298 e. The minimum atomic E-state index is -0.00332. The zero-order valence-electron chi connectivity index (χ0n) is 23.7. The highest BCUT2D eigenvalue weighted by atomic mass is 16.5. The van der Waals surface area contributed by atoms with Crippen molar-refractivity contribution in [2.45, 2.75) is 38.0 Å². The van der Waals surface area contributed by atoms with Gasteiger partial charge in [0.2, 0.25) is 18.2 Å². The lowest BCUT2D eigenvalue weighted by Crippen LogP contribution is -2.49. The normalized spacial score (nSPS) is 18.2. The first kappa shape index (κ1) is 28.9. The molecule has 2 aliphatic rings. The molecule has 1 N–H and O–H groups in total. The second-order valence-corrected chi connectivity index (χ2v) is 10.0. The lowest BCUT2D eigenvalue weighted by atomic mass is 10.0. The molecule has 2 unspecified atom stereocenters. The number of fused-ring (bicyclic) bond motifs is 1. The number of pyridine rings is 1. The summed E-state index contributed by atoms with van der Waals surface area (Å²) >= 11 is 0. The number of oxazole rings is 1. The summed E-state index contributed by atoms with van der Waals surface area (Å²) < 4.78 is 23.3. The van der Waals surface area contributed by atoms with Gasteiger partial charge in [0, 0.05) is 45.0 Å². The molecule has 2 aliphatic heterocycles. The molecule has 3 aromatic heterocycles. The number of anilines is 2. The fourth-order valence-electron chi connectivity index (χ4n) is 4.87. The van der Waals surface area contributed by atoms with Crippen LogP contribution in [0.5, 0.6) is 11.6 Å². The van der Waals surface area contributed by atoms with Gasteiger partial charge in [0.15, 0.2) is 5.58 Å². The minimum absolute atomic E-state index is 0.00332. The smallest absolute Gasteiger partial charge is 0.298 e. The van der Waals surface area contributed by atoms with Crippen LogP contribution in [0.3, 0.4) is 0 Å². The van der Waals surface area contributed by atoms with Crippen molar-refractivity contribution in [3.8, 4) is 11.6 Å². The van der Waals surface area contributed by atoms with Gasteiger partial charge in [-0.3, -0.25) is 14.3 Å². The fourth-order valence-corrected chi connectivity index (χ4v) is 4.87. The molecule has 4 aromatic rings. The number of amides is 2. The van der Waals surface area contributed by atoms with Gasteiger partial charge >= 0.3 is 0 Å². The molecule has 0 spiro atoms. The number of rotatable bonds is 9. The van der Waals surface area contributed by atoms with Crippen LogP contribution in [0, 0.1) is 0 Å². The highest BCUT2D eigenvalue weighted by Crippen LogP contribution is 2.25. The van der Waals surface area contributed by atoms with E-state index in [-0.39, 0.29) is 24.6 Å². The summed E-state index contributed by atoms with van der Waals surface area (Å²) in [5.41, 5.74) is 2.15. The zero-order valence-corrected chi connectivity index (χ0v) is 23.7. The maximum atomic E-state index is 12.7. The summed E-state index contributed by atoms with van der Waals surface area (Å²) in [6.07, 6.45) is 8.41. The molecule has 222 valence electrons. The van der Waals surface area contributed by atoms with Crippen LogP contribution in [-0.4, -0.2) is 89.6 Å². The van der Waals surface area contributed by atoms with Crippen molar-refractivity contribution in [3.05, 3.63) is 55.0 Å². The number of likely N-dealkylation sites (tertiary alicyclic amines) is 1. The molecule has 5 heterocycles. The number of carbonyl (C=O) groups is 2.